The summed E-state index contributed by atoms with van der Waals surface area (Å²) in [4.78, 5) is 6.21. The Kier molecular flexibility index (Phi) is 4.10. The smallest absolute Gasteiger partial charge is 0.179 e. The van der Waals surface area contributed by atoms with E-state index in [1.165, 1.54) is 6.26 Å². The number of aromatic nitrogens is 1. The van der Waals surface area contributed by atoms with Gasteiger partial charge in [-0.05, 0) is 25.0 Å². The highest BCUT2D eigenvalue weighted by Gasteiger charge is 2.29. The van der Waals surface area contributed by atoms with Crippen molar-refractivity contribution in [3.63, 3.8) is 0 Å². The highest BCUT2D eigenvalue weighted by molar-refractivity contribution is 7.90. The molecule has 5 nitrogen and oxygen atoms in total. The number of sulfone groups is 1. The van der Waals surface area contributed by atoms with E-state index in [4.69, 9.17) is 0 Å². The fourth-order valence-electron chi connectivity index (χ4n) is 2.64. The summed E-state index contributed by atoms with van der Waals surface area (Å²) in [5.41, 5.74) is 0. The van der Waals surface area contributed by atoms with Gasteiger partial charge < -0.3 is 10.0 Å². The van der Waals surface area contributed by atoms with Crippen LogP contribution < -0.4 is 4.90 Å². The van der Waals surface area contributed by atoms with Crippen molar-refractivity contribution < 1.29 is 13.5 Å². The molecule has 0 spiro atoms. The summed E-state index contributed by atoms with van der Waals surface area (Å²) in [5, 5.41) is 10.1. The van der Waals surface area contributed by atoms with E-state index < -0.39 is 15.9 Å². The van der Waals surface area contributed by atoms with Gasteiger partial charge in [-0.2, -0.15) is 0 Å². The fourth-order valence-corrected chi connectivity index (χ4v) is 3.49. The third-order valence-corrected chi connectivity index (χ3v) is 4.79. The third-order valence-electron chi connectivity index (χ3n) is 3.68. The summed E-state index contributed by atoms with van der Waals surface area (Å²) < 4.78 is 23.6. The first kappa shape index (κ1) is 14.3. The van der Waals surface area contributed by atoms with E-state index in [-0.39, 0.29) is 10.9 Å². The Morgan fingerprint density at radius 2 is 2.05 bits per heavy atom. The van der Waals surface area contributed by atoms with Crippen molar-refractivity contribution in [2.45, 2.75) is 42.7 Å². The maximum Gasteiger partial charge on any atom is 0.179 e. The van der Waals surface area contributed by atoms with E-state index >= 15 is 0 Å². The molecule has 2 unspecified atom stereocenters. The monoisotopic (exact) mass is 284 g/mol. The van der Waals surface area contributed by atoms with Crippen LogP contribution in [0.15, 0.2) is 23.2 Å². The second-order valence-corrected chi connectivity index (χ2v) is 7.11. The van der Waals surface area contributed by atoms with Crippen molar-refractivity contribution in [3.05, 3.63) is 18.3 Å². The summed E-state index contributed by atoms with van der Waals surface area (Å²) in [6.07, 6.45) is 6.02. The first-order valence-corrected chi connectivity index (χ1v) is 8.36. The number of rotatable bonds is 3. The van der Waals surface area contributed by atoms with E-state index in [0.717, 1.165) is 25.7 Å². The maximum absolute atomic E-state index is 11.8. The van der Waals surface area contributed by atoms with Crippen molar-refractivity contribution in [3.8, 4) is 0 Å². The number of aliphatic hydroxyl groups is 1. The van der Waals surface area contributed by atoms with Crippen molar-refractivity contribution in [1.29, 1.82) is 0 Å². The Bertz CT molecular complexity index is 545. The van der Waals surface area contributed by atoms with E-state index in [9.17, 15) is 13.5 Å². The Balaban J connectivity index is 2.36. The van der Waals surface area contributed by atoms with Gasteiger partial charge in [0.05, 0.1) is 12.1 Å². The van der Waals surface area contributed by atoms with Gasteiger partial charge in [0.2, 0.25) is 0 Å². The molecule has 1 fully saturated rings. The average molecular weight is 284 g/mol. The quantitative estimate of drug-likeness (QED) is 0.904. The standard InChI is InChI=1S/C13H20N2O3S/c1-15(10-6-3-4-7-11(10)16)13-12(19(2,17)18)8-5-9-14-13/h5,8-11,16H,3-4,6-7H2,1-2H3. The van der Waals surface area contributed by atoms with Crippen LogP contribution in [-0.2, 0) is 9.84 Å². The van der Waals surface area contributed by atoms with Gasteiger partial charge in [-0.1, -0.05) is 12.8 Å². The SMILES string of the molecule is CN(c1ncccc1S(C)(=O)=O)C1CCCCC1O. The molecule has 0 amide bonds. The molecule has 106 valence electrons. The molecule has 19 heavy (non-hydrogen) atoms. The van der Waals surface area contributed by atoms with Gasteiger partial charge >= 0.3 is 0 Å². The Hall–Kier alpha value is -1.14. The van der Waals surface area contributed by atoms with Crippen LogP contribution in [0.5, 0.6) is 0 Å². The second kappa shape index (κ2) is 5.46. The van der Waals surface area contributed by atoms with Crippen molar-refractivity contribution >= 4 is 15.7 Å². The molecule has 1 saturated carbocycles. The van der Waals surface area contributed by atoms with Crippen molar-refractivity contribution in [2.75, 3.05) is 18.2 Å². The van der Waals surface area contributed by atoms with Crippen LogP contribution >= 0.6 is 0 Å². The molecule has 2 rings (SSSR count). The largest absolute Gasteiger partial charge is 0.391 e. The van der Waals surface area contributed by atoms with Gasteiger partial charge in [0.15, 0.2) is 9.84 Å². The molecule has 1 aliphatic rings. The fraction of sp³-hybridized carbons (Fsp3) is 0.615. The summed E-state index contributed by atoms with van der Waals surface area (Å²) in [6.45, 7) is 0. The first-order chi connectivity index (χ1) is 8.91. The molecule has 0 radical (unpaired) electrons. The molecule has 1 aliphatic carbocycles. The van der Waals surface area contributed by atoms with Gasteiger partial charge in [0, 0.05) is 19.5 Å². The molecule has 0 aliphatic heterocycles. The zero-order valence-corrected chi connectivity index (χ0v) is 12.1. The molecular weight excluding hydrogens is 264 g/mol. The number of likely N-dealkylation sites (N-methyl/N-ethyl adjacent to an activating group) is 1. The second-order valence-electron chi connectivity index (χ2n) is 5.13. The first-order valence-electron chi connectivity index (χ1n) is 6.47. The number of pyridine rings is 1. The Morgan fingerprint density at radius 1 is 1.37 bits per heavy atom. The molecule has 0 bridgehead atoms. The lowest BCUT2D eigenvalue weighted by Gasteiger charge is -2.36. The molecule has 1 heterocycles. The van der Waals surface area contributed by atoms with Crippen molar-refractivity contribution in [1.82, 2.24) is 4.98 Å². The topological polar surface area (TPSA) is 70.5 Å². The van der Waals surface area contributed by atoms with Crippen LogP contribution in [0.25, 0.3) is 0 Å². The maximum atomic E-state index is 11.8. The van der Waals surface area contributed by atoms with Crippen molar-refractivity contribution in [2.24, 2.45) is 0 Å². The Morgan fingerprint density at radius 3 is 2.68 bits per heavy atom. The van der Waals surface area contributed by atoms with E-state index in [1.807, 2.05) is 0 Å². The average Bonchev–Trinajstić information content (AvgIpc) is 2.37. The zero-order valence-electron chi connectivity index (χ0n) is 11.3. The van der Waals surface area contributed by atoms with Gasteiger partial charge in [0.25, 0.3) is 0 Å². The van der Waals surface area contributed by atoms with Gasteiger partial charge in [0.1, 0.15) is 10.7 Å². The molecule has 1 aromatic rings. The van der Waals surface area contributed by atoms with E-state index in [0.29, 0.717) is 5.82 Å². The minimum Gasteiger partial charge on any atom is -0.391 e. The van der Waals surface area contributed by atoms with Gasteiger partial charge in [-0.25, -0.2) is 13.4 Å². The number of nitrogens with zero attached hydrogens (tertiary/aromatic N) is 2. The summed E-state index contributed by atoms with van der Waals surface area (Å²) in [7, 11) is -1.52. The predicted octanol–water partition coefficient (Wildman–Crippen LogP) is 1.22. The lowest BCUT2D eigenvalue weighted by atomic mass is 9.91. The van der Waals surface area contributed by atoms with Crippen LogP contribution in [0, 0.1) is 0 Å². The van der Waals surface area contributed by atoms with Crippen LogP contribution in [0.2, 0.25) is 0 Å². The predicted molar refractivity (Wildman–Crippen MR) is 74.0 cm³/mol. The molecule has 1 N–H and O–H groups in total. The minimum atomic E-state index is -3.32. The zero-order chi connectivity index (χ0) is 14.0. The van der Waals surface area contributed by atoms with Crippen LogP contribution in [0.3, 0.4) is 0 Å². The molecular formula is C13H20N2O3S. The molecule has 2 atom stereocenters. The highest BCUT2D eigenvalue weighted by atomic mass is 32.2. The summed E-state index contributed by atoms with van der Waals surface area (Å²) in [6, 6.07) is 3.11. The molecule has 1 aromatic heterocycles. The van der Waals surface area contributed by atoms with Crippen LogP contribution in [0.4, 0.5) is 5.82 Å². The molecule has 6 heteroatoms. The highest BCUT2D eigenvalue weighted by Crippen LogP contribution is 2.29. The lowest BCUT2D eigenvalue weighted by Crippen LogP contribution is -2.44. The Labute approximate surface area is 114 Å². The lowest BCUT2D eigenvalue weighted by molar-refractivity contribution is 0.106. The number of hydrogen-bond acceptors (Lipinski definition) is 5. The van der Waals surface area contributed by atoms with Crippen LogP contribution in [0.1, 0.15) is 25.7 Å². The third kappa shape index (κ3) is 3.06. The normalized spacial score (nSPS) is 24.2. The summed E-state index contributed by atoms with van der Waals surface area (Å²) in [5.74, 6) is 0.427. The summed E-state index contributed by atoms with van der Waals surface area (Å²) >= 11 is 0. The van der Waals surface area contributed by atoms with E-state index in [1.54, 1.807) is 30.3 Å². The number of anilines is 1. The minimum absolute atomic E-state index is 0.0656. The number of aliphatic hydroxyl groups excluding tert-OH is 1. The van der Waals surface area contributed by atoms with E-state index in [2.05, 4.69) is 4.98 Å². The molecule has 0 aromatic carbocycles. The van der Waals surface area contributed by atoms with Gasteiger partial charge in [-0.3, -0.25) is 0 Å². The number of hydrogen-bond donors (Lipinski definition) is 1. The van der Waals surface area contributed by atoms with Crippen LogP contribution in [-0.4, -0.2) is 44.0 Å². The van der Waals surface area contributed by atoms with Gasteiger partial charge in [-0.15, -0.1) is 0 Å². The molecule has 0 saturated heterocycles.